The first kappa shape index (κ1) is 10.5. The SMILES string of the molecule is c1ccc(C2CCNC2c2cccnc2)cc1. The fourth-order valence-electron chi connectivity index (χ4n) is 2.67. The van der Waals surface area contributed by atoms with Crippen LogP contribution in [0.3, 0.4) is 0 Å². The first-order valence-corrected chi connectivity index (χ1v) is 6.13. The lowest BCUT2D eigenvalue weighted by Crippen LogP contribution is -2.17. The van der Waals surface area contributed by atoms with Gasteiger partial charge in [0, 0.05) is 24.4 Å². The fraction of sp³-hybridized carbons (Fsp3) is 0.267. The molecule has 2 heteroatoms. The third-order valence-electron chi connectivity index (χ3n) is 3.49. The summed E-state index contributed by atoms with van der Waals surface area (Å²) in [4.78, 5) is 4.22. The first-order valence-electron chi connectivity index (χ1n) is 6.13. The van der Waals surface area contributed by atoms with Gasteiger partial charge < -0.3 is 5.32 Å². The number of pyridine rings is 1. The fourth-order valence-corrected chi connectivity index (χ4v) is 2.67. The molecule has 2 nitrogen and oxygen atoms in total. The van der Waals surface area contributed by atoms with Crippen molar-refractivity contribution in [1.82, 2.24) is 10.3 Å². The van der Waals surface area contributed by atoms with Gasteiger partial charge in [0.25, 0.3) is 0 Å². The van der Waals surface area contributed by atoms with Crippen molar-refractivity contribution in [2.24, 2.45) is 0 Å². The van der Waals surface area contributed by atoms with E-state index in [1.54, 1.807) is 0 Å². The van der Waals surface area contributed by atoms with Crippen molar-refractivity contribution >= 4 is 0 Å². The maximum Gasteiger partial charge on any atom is 0.0405 e. The van der Waals surface area contributed by atoms with Crippen LogP contribution in [0, 0.1) is 0 Å². The highest BCUT2D eigenvalue weighted by atomic mass is 15.0. The second-order valence-electron chi connectivity index (χ2n) is 4.52. The van der Waals surface area contributed by atoms with E-state index in [9.17, 15) is 0 Å². The number of nitrogens with zero attached hydrogens (tertiary/aromatic N) is 1. The molecular weight excluding hydrogens is 208 g/mol. The Morgan fingerprint density at radius 1 is 1.00 bits per heavy atom. The molecule has 2 heterocycles. The van der Waals surface area contributed by atoms with Crippen LogP contribution in [-0.4, -0.2) is 11.5 Å². The van der Waals surface area contributed by atoms with Gasteiger partial charge in [0.15, 0.2) is 0 Å². The Morgan fingerprint density at radius 2 is 1.82 bits per heavy atom. The molecule has 0 amide bonds. The molecule has 1 aromatic carbocycles. The average Bonchev–Trinajstić information content (AvgIpc) is 2.90. The lowest BCUT2D eigenvalue weighted by Gasteiger charge is -2.20. The topological polar surface area (TPSA) is 24.9 Å². The summed E-state index contributed by atoms with van der Waals surface area (Å²) in [5.41, 5.74) is 2.71. The normalized spacial score (nSPS) is 23.8. The van der Waals surface area contributed by atoms with Gasteiger partial charge in [0.2, 0.25) is 0 Å². The second kappa shape index (κ2) is 4.68. The van der Waals surface area contributed by atoms with Crippen LogP contribution in [0.1, 0.15) is 29.5 Å². The van der Waals surface area contributed by atoms with Crippen LogP contribution < -0.4 is 5.32 Å². The second-order valence-corrected chi connectivity index (χ2v) is 4.52. The van der Waals surface area contributed by atoms with Gasteiger partial charge in [-0.3, -0.25) is 4.98 Å². The Hall–Kier alpha value is -1.67. The molecule has 0 spiro atoms. The summed E-state index contributed by atoms with van der Waals surface area (Å²) >= 11 is 0. The molecule has 0 aliphatic carbocycles. The van der Waals surface area contributed by atoms with Crippen LogP contribution in [0.2, 0.25) is 0 Å². The number of hydrogen-bond donors (Lipinski definition) is 1. The van der Waals surface area contributed by atoms with E-state index in [1.165, 1.54) is 17.5 Å². The lowest BCUT2D eigenvalue weighted by atomic mass is 9.89. The molecule has 1 aromatic heterocycles. The van der Waals surface area contributed by atoms with Crippen molar-refractivity contribution in [3.63, 3.8) is 0 Å². The Bertz CT molecular complexity index is 421. The minimum atomic E-state index is 0.408. The van der Waals surface area contributed by atoms with Crippen molar-refractivity contribution in [2.75, 3.05) is 6.54 Å². The number of aromatic nitrogens is 1. The molecule has 3 rings (SSSR count). The van der Waals surface area contributed by atoms with Crippen molar-refractivity contribution in [3.05, 3.63) is 66.0 Å². The highest BCUT2D eigenvalue weighted by molar-refractivity contribution is 5.28. The Labute approximate surface area is 102 Å². The number of rotatable bonds is 2. The summed E-state index contributed by atoms with van der Waals surface area (Å²) in [6.45, 7) is 1.08. The zero-order valence-corrected chi connectivity index (χ0v) is 9.71. The summed E-state index contributed by atoms with van der Waals surface area (Å²) in [6.07, 6.45) is 5.00. The monoisotopic (exact) mass is 224 g/mol. The van der Waals surface area contributed by atoms with E-state index >= 15 is 0 Å². The molecule has 2 unspecified atom stereocenters. The predicted octanol–water partition coefficient (Wildman–Crippen LogP) is 2.90. The maximum atomic E-state index is 4.22. The van der Waals surface area contributed by atoms with Crippen LogP contribution in [0.25, 0.3) is 0 Å². The molecule has 1 fully saturated rings. The number of nitrogens with one attached hydrogen (secondary N) is 1. The van der Waals surface area contributed by atoms with E-state index in [0.717, 1.165) is 6.54 Å². The molecule has 1 saturated heterocycles. The average molecular weight is 224 g/mol. The van der Waals surface area contributed by atoms with Crippen molar-refractivity contribution in [3.8, 4) is 0 Å². The Morgan fingerprint density at radius 3 is 2.59 bits per heavy atom. The van der Waals surface area contributed by atoms with Crippen LogP contribution in [0.5, 0.6) is 0 Å². The molecule has 2 atom stereocenters. The summed E-state index contributed by atoms with van der Waals surface area (Å²) in [7, 11) is 0. The van der Waals surface area contributed by atoms with Crippen molar-refractivity contribution < 1.29 is 0 Å². The Balaban J connectivity index is 1.91. The minimum Gasteiger partial charge on any atom is -0.309 e. The molecule has 1 N–H and O–H groups in total. The van der Waals surface area contributed by atoms with E-state index in [2.05, 4.69) is 46.7 Å². The zero-order chi connectivity index (χ0) is 11.5. The van der Waals surface area contributed by atoms with Gasteiger partial charge in [-0.25, -0.2) is 0 Å². The smallest absolute Gasteiger partial charge is 0.0405 e. The molecule has 0 saturated carbocycles. The summed E-state index contributed by atoms with van der Waals surface area (Å²) in [6, 6.07) is 15.3. The quantitative estimate of drug-likeness (QED) is 0.848. The van der Waals surface area contributed by atoms with Gasteiger partial charge >= 0.3 is 0 Å². The Kier molecular flexibility index (Phi) is 2.88. The van der Waals surface area contributed by atoms with E-state index < -0.39 is 0 Å². The summed E-state index contributed by atoms with van der Waals surface area (Å²) in [5, 5.41) is 3.58. The highest BCUT2D eigenvalue weighted by Gasteiger charge is 2.29. The summed E-state index contributed by atoms with van der Waals surface area (Å²) < 4.78 is 0. The number of hydrogen-bond acceptors (Lipinski definition) is 2. The van der Waals surface area contributed by atoms with E-state index in [4.69, 9.17) is 0 Å². The van der Waals surface area contributed by atoms with Crippen molar-refractivity contribution in [1.29, 1.82) is 0 Å². The first-order chi connectivity index (χ1) is 8.45. The molecular formula is C15H16N2. The maximum absolute atomic E-state index is 4.22. The van der Waals surface area contributed by atoms with Crippen LogP contribution in [-0.2, 0) is 0 Å². The molecule has 2 aromatic rings. The standard InChI is InChI=1S/C15H16N2/c1-2-5-12(6-3-1)14-8-10-17-15(14)13-7-4-9-16-11-13/h1-7,9,11,14-15,17H,8,10H2. The molecule has 0 radical (unpaired) electrons. The van der Waals surface area contributed by atoms with Gasteiger partial charge in [-0.1, -0.05) is 36.4 Å². The minimum absolute atomic E-state index is 0.408. The van der Waals surface area contributed by atoms with E-state index in [-0.39, 0.29) is 0 Å². The van der Waals surface area contributed by atoms with E-state index in [1.807, 2.05) is 18.5 Å². The molecule has 1 aliphatic heterocycles. The third kappa shape index (κ3) is 2.08. The predicted molar refractivity (Wildman–Crippen MR) is 68.8 cm³/mol. The lowest BCUT2D eigenvalue weighted by molar-refractivity contribution is 0.576. The molecule has 86 valence electrons. The van der Waals surface area contributed by atoms with Crippen molar-refractivity contribution in [2.45, 2.75) is 18.4 Å². The third-order valence-corrected chi connectivity index (χ3v) is 3.49. The van der Waals surface area contributed by atoms with Gasteiger partial charge in [0.1, 0.15) is 0 Å². The van der Waals surface area contributed by atoms with E-state index in [0.29, 0.717) is 12.0 Å². The van der Waals surface area contributed by atoms with Gasteiger partial charge in [-0.15, -0.1) is 0 Å². The molecule has 1 aliphatic rings. The van der Waals surface area contributed by atoms with Gasteiger partial charge in [0.05, 0.1) is 0 Å². The van der Waals surface area contributed by atoms with Gasteiger partial charge in [-0.2, -0.15) is 0 Å². The highest BCUT2D eigenvalue weighted by Crippen LogP contribution is 2.37. The molecule has 0 bridgehead atoms. The van der Waals surface area contributed by atoms with Crippen LogP contribution in [0.4, 0.5) is 0 Å². The molecule has 17 heavy (non-hydrogen) atoms. The number of benzene rings is 1. The van der Waals surface area contributed by atoms with Crippen LogP contribution in [0.15, 0.2) is 54.9 Å². The van der Waals surface area contributed by atoms with Gasteiger partial charge in [-0.05, 0) is 30.2 Å². The summed E-state index contributed by atoms with van der Waals surface area (Å²) in [5.74, 6) is 0.570. The largest absolute Gasteiger partial charge is 0.309 e. The van der Waals surface area contributed by atoms with Crippen LogP contribution >= 0.6 is 0 Å². The zero-order valence-electron chi connectivity index (χ0n) is 9.71.